The molecule has 1 amide bonds. The number of benzene rings is 2. The molecule has 0 saturated heterocycles. The number of carbonyl (C=O) groups is 1. The van der Waals surface area contributed by atoms with Crippen LogP contribution in [0.5, 0.6) is 5.75 Å². The maximum Gasteiger partial charge on any atom is 0.234 e. The third kappa shape index (κ3) is 7.37. The minimum Gasteiger partial charge on any atom is -0.493 e. The van der Waals surface area contributed by atoms with E-state index in [0.717, 1.165) is 40.4 Å². The first-order valence-corrected chi connectivity index (χ1v) is 12.1. The lowest BCUT2D eigenvalue weighted by atomic mass is 10.1. The number of ether oxygens (including phenoxy) is 1. The van der Waals surface area contributed by atoms with Gasteiger partial charge in [-0.3, -0.25) is 4.79 Å². The first-order valence-electron chi connectivity index (χ1n) is 10.8. The molecule has 0 aliphatic rings. The number of hydrogen-bond donors (Lipinski definition) is 1. The van der Waals surface area contributed by atoms with Gasteiger partial charge in [0.2, 0.25) is 5.91 Å². The van der Waals surface area contributed by atoms with Crippen LogP contribution in [0.3, 0.4) is 0 Å². The van der Waals surface area contributed by atoms with Gasteiger partial charge in [-0.1, -0.05) is 35.5 Å². The Morgan fingerprint density at radius 2 is 1.94 bits per heavy atom. The first-order chi connectivity index (χ1) is 15.9. The normalized spacial score (nSPS) is 10.8. The standard InChI is InChI=1S/C25H29ClN4O2S/c1-5-10-30-23(7-6-11-32-22-9-8-20(26)15-19(22)4)28-29-25(30)33-16-24(31)27-21-13-17(2)12-18(3)14-21/h5,8-9,12-15H,1,6-7,10-11,16H2,2-4H3,(H,27,31). The van der Waals surface area contributed by atoms with Gasteiger partial charge in [-0.15, -0.1) is 16.8 Å². The molecule has 33 heavy (non-hydrogen) atoms. The highest BCUT2D eigenvalue weighted by Crippen LogP contribution is 2.23. The number of aryl methyl sites for hydroxylation is 4. The van der Waals surface area contributed by atoms with Crippen LogP contribution in [0.15, 0.2) is 54.2 Å². The van der Waals surface area contributed by atoms with Gasteiger partial charge in [-0.05, 0) is 74.2 Å². The summed E-state index contributed by atoms with van der Waals surface area (Å²) in [5, 5.41) is 13.0. The summed E-state index contributed by atoms with van der Waals surface area (Å²) in [7, 11) is 0. The average molecular weight is 485 g/mol. The summed E-state index contributed by atoms with van der Waals surface area (Å²) in [5.41, 5.74) is 4.05. The third-order valence-electron chi connectivity index (χ3n) is 4.88. The number of carbonyl (C=O) groups excluding carboxylic acids is 1. The van der Waals surface area contributed by atoms with E-state index in [2.05, 4.69) is 28.2 Å². The van der Waals surface area contributed by atoms with Crippen LogP contribution in [0.4, 0.5) is 5.69 Å². The molecule has 3 aromatic rings. The summed E-state index contributed by atoms with van der Waals surface area (Å²) >= 11 is 7.37. The SMILES string of the molecule is C=CCn1c(CCCOc2ccc(Cl)cc2C)nnc1SCC(=O)Nc1cc(C)cc(C)c1. The number of nitrogens with zero attached hydrogens (tertiary/aromatic N) is 3. The highest BCUT2D eigenvalue weighted by Gasteiger charge is 2.14. The van der Waals surface area contributed by atoms with Crippen molar-refractivity contribution in [2.45, 2.75) is 45.3 Å². The monoisotopic (exact) mass is 484 g/mol. The molecule has 0 spiro atoms. The summed E-state index contributed by atoms with van der Waals surface area (Å²) < 4.78 is 7.87. The molecule has 0 fully saturated rings. The van der Waals surface area contributed by atoms with Crippen LogP contribution in [0, 0.1) is 20.8 Å². The first kappa shape index (κ1) is 24.9. The second-order valence-corrected chi connectivity index (χ2v) is 9.25. The lowest BCUT2D eigenvalue weighted by Gasteiger charge is -2.10. The molecule has 1 N–H and O–H groups in total. The highest BCUT2D eigenvalue weighted by atomic mass is 35.5. The Morgan fingerprint density at radius 1 is 1.18 bits per heavy atom. The van der Waals surface area contributed by atoms with Gasteiger partial charge >= 0.3 is 0 Å². The van der Waals surface area contributed by atoms with Crippen LogP contribution in [-0.2, 0) is 17.8 Å². The fourth-order valence-electron chi connectivity index (χ4n) is 3.48. The molecule has 3 rings (SSSR count). The van der Waals surface area contributed by atoms with E-state index in [1.165, 1.54) is 11.8 Å². The summed E-state index contributed by atoms with van der Waals surface area (Å²) in [4.78, 5) is 12.4. The van der Waals surface area contributed by atoms with Crippen molar-refractivity contribution in [1.82, 2.24) is 14.8 Å². The number of rotatable bonds is 11. The Morgan fingerprint density at radius 3 is 2.64 bits per heavy atom. The Bertz CT molecular complexity index is 1110. The zero-order chi connectivity index (χ0) is 23.8. The topological polar surface area (TPSA) is 69.0 Å². The zero-order valence-corrected chi connectivity index (χ0v) is 20.8. The molecule has 1 heterocycles. The quantitative estimate of drug-likeness (QED) is 0.212. The number of hydrogen-bond acceptors (Lipinski definition) is 5. The molecule has 6 nitrogen and oxygen atoms in total. The fourth-order valence-corrected chi connectivity index (χ4v) is 4.48. The van der Waals surface area contributed by atoms with E-state index in [1.54, 1.807) is 6.08 Å². The summed E-state index contributed by atoms with van der Waals surface area (Å²) in [6, 6.07) is 11.6. The smallest absolute Gasteiger partial charge is 0.234 e. The van der Waals surface area contributed by atoms with Gasteiger partial charge in [-0.2, -0.15) is 0 Å². The molecule has 174 valence electrons. The maximum atomic E-state index is 12.4. The molecular weight excluding hydrogens is 456 g/mol. The molecule has 0 aliphatic heterocycles. The molecule has 1 aromatic heterocycles. The number of nitrogens with one attached hydrogen (secondary N) is 1. The van der Waals surface area contributed by atoms with Gasteiger partial charge in [0.1, 0.15) is 11.6 Å². The second-order valence-electron chi connectivity index (χ2n) is 7.87. The van der Waals surface area contributed by atoms with Crippen LogP contribution < -0.4 is 10.1 Å². The van der Waals surface area contributed by atoms with E-state index in [4.69, 9.17) is 16.3 Å². The Balaban J connectivity index is 1.53. The van der Waals surface area contributed by atoms with Crippen molar-refractivity contribution < 1.29 is 9.53 Å². The van der Waals surface area contributed by atoms with Crippen LogP contribution in [0.1, 0.15) is 28.9 Å². The van der Waals surface area contributed by atoms with E-state index >= 15 is 0 Å². The number of halogens is 1. The van der Waals surface area contributed by atoms with E-state index in [0.29, 0.717) is 29.8 Å². The van der Waals surface area contributed by atoms with E-state index in [1.807, 2.05) is 55.7 Å². The molecular formula is C25H29ClN4O2S. The molecule has 0 radical (unpaired) electrons. The van der Waals surface area contributed by atoms with Gasteiger partial charge in [0.15, 0.2) is 5.16 Å². The molecule has 0 atom stereocenters. The fraction of sp³-hybridized carbons (Fsp3) is 0.320. The average Bonchev–Trinajstić information content (AvgIpc) is 3.12. The predicted octanol–water partition coefficient (Wildman–Crippen LogP) is 5.79. The number of aromatic nitrogens is 3. The van der Waals surface area contributed by atoms with E-state index in [-0.39, 0.29) is 11.7 Å². The van der Waals surface area contributed by atoms with Crippen molar-refractivity contribution in [3.05, 3.63) is 76.6 Å². The van der Waals surface area contributed by atoms with Crippen molar-refractivity contribution in [3.8, 4) is 5.75 Å². The van der Waals surface area contributed by atoms with Crippen LogP contribution >= 0.6 is 23.4 Å². The summed E-state index contributed by atoms with van der Waals surface area (Å²) in [6.45, 7) is 11.0. The zero-order valence-electron chi connectivity index (χ0n) is 19.2. The molecule has 8 heteroatoms. The second kappa shape index (κ2) is 11.9. The number of thioether (sulfide) groups is 1. The minimum absolute atomic E-state index is 0.0774. The van der Waals surface area contributed by atoms with Gasteiger partial charge in [0.25, 0.3) is 0 Å². The lowest BCUT2D eigenvalue weighted by molar-refractivity contribution is -0.113. The van der Waals surface area contributed by atoms with Crippen LogP contribution in [0.2, 0.25) is 5.02 Å². The summed E-state index contributed by atoms with van der Waals surface area (Å²) in [5.74, 6) is 1.86. The van der Waals surface area contributed by atoms with E-state index in [9.17, 15) is 4.79 Å². The molecule has 0 bridgehead atoms. The highest BCUT2D eigenvalue weighted by molar-refractivity contribution is 7.99. The predicted molar refractivity (Wildman–Crippen MR) is 135 cm³/mol. The minimum atomic E-state index is -0.0774. The van der Waals surface area contributed by atoms with Crippen LogP contribution in [0.25, 0.3) is 0 Å². The molecule has 0 unspecified atom stereocenters. The summed E-state index contributed by atoms with van der Waals surface area (Å²) in [6.07, 6.45) is 3.30. The van der Waals surface area contributed by atoms with Crippen molar-refractivity contribution >= 4 is 35.0 Å². The third-order valence-corrected chi connectivity index (χ3v) is 6.08. The van der Waals surface area contributed by atoms with Gasteiger partial charge in [0.05, 0.1) is 12.4 Å². The van der Waals surface area contributed by atoms with Crippen molar-refractivity contribution in [1.29, 1.82) is 0 Å². The molecule has 0 saturated carbocycles. The molecule has 2 aromatic carbocycles. The van der Waals surface area contributed by atoms with Crippen molar-refractivity contribution in [3.63, 3.8) is 0 Å². The number of allylic oxidation sites excluding steroid dienone is 1. The number of anilines is 1. The van der Waals surface area contributed by atoms with E-state index < -0.39 is 0 Å². The van der Waals surface area contributed by atoms with Gasteiger partial charge < -0.3 is 14.6 Å². The largest absolute Gasteiger partial charge is 0.493 e. The van der Waals surface area contributed by atoms with Crippen molar-refractivity contribution in [2.24, 2.45) is 0 Å². The Labute approximate surface area is 204 Å². The van der Waals surface area contributed by atoms with Crippen LogP contribution in [-0.4, -0.2) is 33.0 Å². The van der Waals surface area contributed by atoms with Gasteiger partial charge in [-0.25, -0.2) is 0 Å². The Kier molecular flexibility index (Phi) is 8.97. The Hall–Kier alpha value is -2.77. The molecule has 0 aliphatic carbocycles. The lowest BCUT2D eigenvalue weighted by Crippen LogP contribution is -2.15. The number of amides is 1. The van der Waals surface area contributed by atoms with Crippen molar-refractivity contribution in [2.75, 3.05) is 17.7 Å². The maximum absolute atomic E-state index is 12.4. The van der Waals surface area contributed by atoms with Gasteiger partial charge in [0, 0.05) is 23.7 Å².